The van der Waals surface area contributed by atoms with Crippen LogP contribution in [-0.4, -0.2) is 17.6 Å². The summed E-state index contributed by atoms with van der Waals surface area (Å²) < 4.78 is 6.66. The van der Waals surface area contributed by atoms with E-state index in [1.54, 1.807) is 37.6 Å². The van der Waals surface area contributed by atoms with Gasteiger partial charge in [-0.3, -0.25) is 9.59 Å². The lowest BCUT2D eigenvalue weighted by Crippen LogP contribution is -2.27. The van der Waals surface area contributed by atoms with E-state index in [9.17, 15) is 9.59 Å². The van der Waals surface area contributed by atoms with Crippen LogP contribution in [0.4, 0.5) is 5.69 Å². The van der Waals surface area contributed by atoms with Gasteiger partial charge < -0.3 is 14.6 Å². The summed E-state index contributed by atoms with van der Waals surface area (Å²) in [5, 5.41) is 4.07. The van der Waals surface area contributed by atoms with Gasteiger partial charge in [0, 0.05) is 17.3 Å². The molecule has 0 radical (unpaired) electrons. The number of nitrogens with zero attached hydrogens (tertiary/aromatic N) is 1. The van der Waals surface area contributed by atoms with E-state index >= 15 is 0 Å². The normalized spacial score (nSPS) is 10.6. The van der Waals surface area contributed by atoms with Gasteiger partial charge in [-0.2, -0.15) is 0 Å². The first-order valence-corrected chi connectivity index (χ1v) is 7.61. The van der Waals surface area contributed by atoms with Gasteiger partial charge in [0.05, 0.1) is 12.5 Å². The van der Waals surface area contributed by atoms with Crippen LogP contribution in [0.25, 0.3) is 10.8 Å². The maximum Gasteiger partial charge on any atom is 0.259 e. The maximum absolute atomic E-state index is 12.6. The molecule has 1 heterocycles. The highest BCUT2D eigenvalue weighted by Gasteiger charge is 2.10. The first-order chi connectivity index (χ1) is 11.6. The number of hydrogen-bond donors (Lipinski definition) is 1. The molecule has 5 nitrogen and oxygen atoms in total. The molecule has 0 aliphatic carbocycles. The fourth-order valence-electron chi connectivity index (χ4n) is 2.67. The van der Waals surface area contributed by atoms with Gasteiger partial charge >= 0.3 is 0 Å². The SMILES string of the molecule is COc1cccc2c(=O)n(CC(=O)Nc3cccc(C)c3)ccc12. The average molecular weight is 322 g/mol. The van der Waals surface area contributed by atoms with Crippen LogP contribution in [0.15, 0.2) is 59.5 Å². The van der Waals surface area contributed by atoms with Gasteiger partial charge in [-0.25, -0.2) is 0 Å². The number of pyridine rings is 1. The standard InChI is InChI=1S/C19H18N2O3/c1-13-5-3-6-14(11-13)20-18(22)12-21-10-9-15-16(19(21)23)7-4-8-17(15)24-2/h3-11H,12H2,1-2H3,(H,20,22). The Balaban J connectivity index is 1.86. The number of aryl methyl sites for hydroxylation is 1. The molecule has 0 unspecified atom stereocenters. The van der Waals surface area contributed by atoms with Gasteiger partial charge in [-0.15, -0.1) is 0 Å². The van der Waals surface area contributed by atoms with Gasteiger partial charge in [-0.1, -0.05) is 18.2 Å². The zero-order valence-electron chi connectivity index (χ0n) is 13.6. The van der Waals surface area contributed by atoms with E-state index in [1.807, 2.05) is 31.2 Å². The highest BCUT2D eigenvalue weighted by atomic mass is 16.5. The maximum atomic E-state index is 12.6. The molecule has 122 valence electrons. The van der Waals surface area contributed by atoms with Crippen molar-refractivity contribution in [2.75, 3.05) is 12.4 Å². The summed E-state index contributed by atoms with van der Waals surface area (Å²) >= 11 is 0. The van der Waals surface area contributed by atoms with Crippen molar-refractivity contribution in [1.82, 2.24) is 4.57 Å². The molecule has 0 fully saturated rings. The molecule has 0 aliphatic rings. The number of benzene rings is 2. The second-order valence-corrected chi connectivity index (χ2v) is 5.59. The number of aromatic nitrogens is 1. The Morgan fingerprint density at radius 2 is 1.92 bits per heavy atom. The summed E-state index contributed by atoms with van der Waals surface area (Å²) in [6.07, 6.45) is 1.61. The van der Waals surface area contributed by atoms with Gasteiger partial charge in [0.25, 0.3) is 5.56 Å². The number of rotatable bonds is 4. The van der Waals surface area contributed by atoms with Crippen LogP contribution in [0.1, 0.15) is 5.56 Å². The fourth-order valence-corrected chi connectivity index (χ4v) is 2.67. The highest BCUT2D eigenvalue weighted by molar-refractivity contribution is 5.91. The number of fused-ring (bicyclic) bond motifs is 1. The van der Waals surface area contributed by atoms with Crippen LogP contribution >= 0.6 is 0 Å². The Hall–Kier alpha value is -3.08. The lowest BCUT2D eigenvalue weighted by Gasteiger charge is -2.10. The molecule has 2 aromatic carbocycles. The van der Waals surface area contributed by atoms with E-state index in [4.69, 9.17) is 4.74 Å². The van der Waals surface area contributed by atoms with Crippen molar-refractivity contribution in [3.63, 3.8) is 0 Å². The second-order valence-electron chi connectivity index (χ2n) is 5.59. The van der Waals surface area contributed by atoms with Crippen LogP contribution in [0.3, 0.4) is 0 Å². The number of anilines is 1. The molecule has 0 saturated heterocycles. The van der Waals surface area contributed by atoms with Gasteiger partial charge in [0.15, 0.2) is 0 Å². The van der Waals surface area contributed by atoms with E-state index < -0.39 is 0 Å². The zero-order chi connectivity index (χ0) is 17.1. The number of hydrogen-bond acceptors (Lipinski definition) is 3. The third-order valence-corrected chi connectivity index (χ3v) is 3.81. The Kier molecular flexibility index (Phi) is 4.33. The number of amides is 1. The minimum atomic E-state index is -0.245. The molecule has 0 spiro atoms. The number of carbonyl (C=O) groups excluding carboxylic acids is 1. The highest BCUT2D eigenvalue weighted by Crippen LogP contribution is 2.22. The lowest BCUT2D eigenvalue weighted by molar-refractivity contribution is -0.116. The molecule has 0 aliphatic heterocycles. The number of nitrogens with one attached hydrogen (secondary N) is 1. The van der Waals surface area contributed by atoms with Gasteiger partial charge in [-0.05, 0) is 42.8 Å². The molecule has 0 atom stereocenters. The average Bonchev–Trinajstić information content (AvgIpc) is 2.57. The number of carbonyl (C=O) groups is 1. The van der Waals surface area contributed by atoms with Crippen molar-refractivity contribution in [2.24, 2.45) is 0 Å². The Morgan fingerprint density at radius 3 is 2.67 bits per heavy atom. The zero-order valence-corrected chi connectivity index (χ0v) is 13.6. The van der Waals surface area contributed by atoms with Crippen LogP contribution in [-0.2, 0) is 11.3 Å². The monoisotopic (exact) mass is 322 g/mol. The van der Waals surface area contributed by atoms with E-state index in [-0.39, 0.29) is 18.0 Å². The quantitative estimate of drug-likeness (QED) is 0.803. The summed E-state index contributed by atoms with van der Waals surface area (Å²) in [5.74, 6) is 0.394. The third-order valence-electron chi connectivity index (χ3n) is 3.81. The molecule has 5 heteroatoms. The van der Waals surface area contributed by atoms with Crippen molar-refractivity contribution in [3.8, 4) is 5.75 Å². The third kappa shape index (κ3) is 3.15. The van der Waals surface area contributed by atoms with Crippen molar-refractivity contribution < 1.29 is 9.53 Å². The summed E-state index contributed by atoms with van der Waals surface area (Å²) in [7, 11) is 1.57. The predicted octanol–water partition coefficient (Wildman–Crippen LogP) is 2.96. The first kappa shape index (κ1) is 15.8. The summed E-state index contributed by atoms with van der Waals surface area (Å²) in [6.45, 7) is 1.91. The minimum absolute atomic E-state index is 0.0417. The van der Waals surface area contributed by atoms with Gasteiger partial charge in [0.1, 0.15) is 12.3 Å². The fraction of sp³-hybridized carbons (Fsp3) is 0.158. The van der Waals surface area contributed by atoms with Crippen LogP contribution in [0.2, 0.25) is 0 Å². The van der Waals surface area contributed by atoms with Crippen LogP contribution in [0.5, 0.6) is 5.75 Å². The summed E-state index contributed by atoms with van der Waals surface area (Å²) in [5.41, 5.74) is 1.56. The summed E-state index contributed by atoms with van der Waals surface area (Å²) in [6, 6.07) is 14.6. The second kappa shape index (κ2) is 6.58. The first-order valence-electron chi connectivity index (χ1n) is 7.61. The smallest absolute Gasteiger partial charge is 0.259 e. The van der Waals surface area contributed by atoms with E-state index in [1.165, 1.54) is 4.57 Å². The molecule has 1 aromatic heterocycles. The topological polar surface area (TPSA) is 60.3 Å². The van der Waals surface area contributed by atoms with Crippen LogP contribution < -0.4 is 15.6 Å². The predicted molar refractivity (Wildman–Crippen MR) is 94.6 cm³/mol. The molecule has 1 amide bonds. The Bertz CT molecular complexity index is 960. The van der Waals surface area contributed by atoms with Crippen LogP contribution in [0, 0.1) is 6.92 Å². The molecular formula is C19H18N2O3. The molecule has 3 rings (SSSR count). The van der Waals surface area contributed by atoms with E-state index in [2.05, 4.69) is 5.32 Å². The Morgan fingerprint density at radius 1 is 1.12 bits per heavy atom. The molecule has 3 aromatic rings. The van der Waals surface area contributed by atoms with Crippen molar-refractivity contribution in [1.29, 1.82) is 0 Å². The van der Waals surface area contributed by atoms with E-state index in [0.29, 0.717) is 11.1 Å². The van der Waals surface area contributed by atoms with Gasteiger partial charge in [0.2, 0.25) is 5.91 Å². The number of methoxy groups -OCH3 is 1. The van der Waals surface area contributed by atoms with Crippen molar-refractivity contribution in [2.45, 2.75) is 13.5 Å². The molecule has 0 bridgehead atoms. The minimum Gasteiger partial charge on any atom is -0.496 e. The lowest BCUT2D eigenvalue weighted by atomic mass is 10.1. The Labute approximate surface area is 139 Å². The van der Waals surface area contributed by atoms with E-state index in [0.717, 1.165) is 16.6 Å². The molecular weight excluding hydrogens is 304 g/mol. The molecule has 24 heavy (non-hydrogen) atoms. The summed E-state index contributed by atoms with van der Waals surface area (Å²) in [4.78, 5) is 24.8. The molecule has 1 N–H and O–H groups in total. The van der Waals surface area contributed by atoms with Crippen molar-refractivity contribution >= 4 is 22.4 Å². The van der Waals surface area contributed by atoms with Crippen molar-refractivity contribution in [3.05, 3.63) is 70.6 Å². The molecule has 0 saturated carbocycles. The largest absolute Gasteiger partial charge is 0.496 e. The number of ether oxygens (including phenoxy) is 1.